The number of aliphatic hydroxyl groups is 1. The lowest BCUT2D eigenvalue weighted by Crippen LogP contribution is -2.47. The molecular formula is C14H24N2O4. The van der Waals surface area contributed by atoms with Crippen molar-refractivity contribution in [2.45, 2.75) is 44.6 Å². The van der Waals surface area contributed by atoms with Crippen molar-refractivity contribution in [3.8, 4) is 0 Å². The van der Waals surface area contributed by atoms with E-state index < -0.39 is 5.97 Å². The van der Waals surface area contributed by atoms with Gasteiger partial charge in [0.25, 0.3) is 0 Å². The maximum atomic E-state index is 12.5. The average Bonchev–Trinajstić information content (AvgIpc) is 3.05. The van der Waals surface area contributed by atoms with E-state index in [0.717, 1.165) is 32.1 Å². The molecular weight excluding hydrogens is 260 g/mol. The second-order valence-corrected chi connectivity index (χ2v) is 5.84. The Bertz CT molecular complexity index is 355. The Morgan fingerprint density at radius 3 is 2.50 bits per heavy atom. The van der Waals surface area contributed by atoms with Gasteiger partial charge in [-0.25, -0.2) is 4.79 Å². The number of carbonyl (C=O) groups excluding carboxylic acids is 1. The van der Waals surface area contributed by atoms with Gasteiger partial charge in [0.2, 0.25) is 0 Å². The zero-order valence-corrected chi connectivity index (χ0v) is 11.8. The highest BCUT2D eigenvalue weighted by molar-refractivity contribution is 5.75. The average molecular weight is 284 g/mol. The van der Waals surface area contributed by atoms with E-state index in [1.807, 2.05) is 0 Å². The highest BCUT2D eigenvalue weighted by Crippen LogP contribution is 2.26. The molecule has 2 N–H and O–H groups in total. The summed E-state index contributed by atoms with van der Waals surface area (Å²) in [5.74, 6) is -0.733. The summed E-state index contributed by atoms with van der Waals surface area (Å²) < 4.78 is 0. The van der Waals surface area contributed by atoms with Gasteiger partial charge >= 0.3 is 12.0 Å². The second-order valence-electron chi connectivity index (χ2n) is 5.84. The fourth-order valence-corrected chi connectivity index (χ4v) is 3.36. The van der Waals surface area contributed by atoms with Crippen LogP contribution in [-0.4, -0.2) is 64.3 Å². The number of nitrogens with zero attached hydrogens (tertiary/aromatic N) is 2. The van der Waals surface area contributed by atoms with Crippen molar-refractivity contribution in [2.75, 3.05) is 26.2 Å². The summed E-state index contributed by atoms with van der Waals surface area (Å²) in [5, 5.41) is 18.0. The van der Waals surface area contributed by atoms with E-state index in [4.69, 9.17) is 10.2 Å². The third-order valence-electron chi connectivity index (χ3n) is 4.37. The summed E-state index contributed by atoms with van der Waals surface area (Å²) in [6.07, 6.45) is 5.20. The summed E-state index contributed by atoms with van der Waals surface area (Å²) in [6, 6.07) is 0.215. The number of carbonyl (C=O) groups is 2. The Balaban J connectivity index is 1.92. The topological polar surface area (TPSA) is 81.1 Å². The summed E-state index contributed by atoms with van der Waals surface area (Å²) in [4.78, 5) is 26.8. The monoisotopic (exact) mass is 284 g/mol. The molecule has 0 aromatic heterocycles. The minimum absolute atomic E-state index is 0.0192. The number of likely N-dealkylation sites (tertiary alicyclic amines) is 1. The summed E-state index contributed by atoms with van der Waals surface area (Å²) in [7, 11) is 0. The molecule has 0 aromatic carbocycles. The van der Waals surface area contributed by atoms with Crippen LogP contribution < -0.4 is 0 Å². The molecule has 2 rings (SSSR count). The van der Waals surface area contributed by atoms with Crippen LogP contribution in [0, 0.1) is 5.92 Å². The van der Waals surface area contributed by atoms with Crippen molar-refractivity contribution >= 4 is 12.0 Å². The van der Waals surface area contributed by atoms with Crippen molar-refractivity contribution in [3.05, 3.63) is 0 Å². The number of carboxylic acids is 1. The fourth-order valence-electron chi connectivity index (χ4n) is 3.36. The number of aliphatic hydroxyl groups excluding tert-OH is 1. The van der Waals surface area contributed by atoms with Gasteiger partial charge in [0.15, 0.2) is 0 Å². The molecule has 6 nitrogen and oxygen atoms in total. The van der Waals surface area contributed by atoms with Crippen LogP contribution in [0.25, 0.3) is 0 Å². The minimum Gasteiger partial charge on any atom is -0.481 e. The van der Waals surface area contributed by atoms with Crippen LogP contribution in [0.3, 0.4) is 0 Å². The molecule has 1 heterocycles. The largest absolute Gasteiger partial charge is 0.481 e. The van der Waals surface area contributed by atoms with Gasteiger partial charge in [-0.2, -0.15) is 0 Å². The van der Waals surface area contributed by atoms with E-state index in [9.17, 15) is 9.59 Å². The van der Waals surface area contributed by atoms with Crippen LogP contribution in [-0.2, 0) is 4.79 Å². The number of amides is 2. The molecule has 1 unspecified atom stereocenters. The van der Waals surface area contributed by atoms with E-state index in [-0.39, 0.29) is 31.0 Å². The van der Waals surface area contributed by atoms with Crippen molar-refractivity contribution in [3.63, 3.8) is 0 Å². The number of hydrogen-bond donors (Lipinski definition) is 2. The number of urea groups is 1. The number of carboxylic acid groups (broad SMARTS) is 1. The Labute approximate surface area is 119 Å². The van der Waals surface area contributed by atoms with Gasteiger partial charge in [0, 0.05) is 32.1 Å². The van der Waals surface area contributed by atoms with Crippen molar-refractivity contribution < 1.29 is 19.8 Å². The lowest BCUT2D eigenvalue weighted by molar-refractivity contribution is -0.138. The number of rotatable bonds is 5. The molecule has 20 heavy (non-hydrogen) atoms. The first-order chi connectivity index (χ1) is 9.61. The molecule has 114 valence electrons. The third-order valence-corrected chi connectivity index (χ3v) is 4.37. The molecule has 0 radical (unpaired) electrons. The van der Waals surface area contributed by atoms with Crippen molar-refractivity contribution in [1.82, 2.24) is 9.80 Å². The normalized spacial score (nSPS) is 23.2. The molecule has 0 aromatic rings. The SMILES string of the molecule is O=C(O)CC1CCN(C(=O)N(CCO)C2CCCC2)C1. The summed E-state index contributed by atoms with van der Waals surface area (Å²) >= 11 is 0. The minimum atomic E-state index is -0.799. The quantitative estimate of drug-likeness (QED) is 0.793. The van der Waals surface area contributed by atoms with Gasteiger partial charge in [-0.1, -0.05) is 12.8 Å². The predicted molar refractivity (Wildman–Crippen MR) is 73.4 cm³/mol. The molecule has 2 aliphatic rings. The van der Waals surface area contributed by atoms with Crippen molar-refractivity contribution in [1.29, 1.82) is 0 Å². The van der Waals surface area contributed by atoms with Gasteiger partial charge in [0.05, 0.1) is 6.61 Å². The third kappa shape index (κ3) is 3.62. The molecule has 1 saturated heterocycles. The van der Waals surface area contributed by atoms with Crippen LogP contribution in [0.4, 0.5) is 4.79 Å². The first-order valence-electron chi connectivity index (χ1n) is 7.50. The zero-order valence-electron chi connectivity index (χ0n) is 11.8. The van der Waals surface area contributed by atoms with Crippen LogP contribution >= 0.6 is 0 Å². The van der Waals surface area contributed by atoms with Gasteiger partial charge in [0.1, 0.15) is 0 Å². The standard InChI is InChI=1S/C14H24N2O4/c17-8-7-16(12-3-1-2-4-12)14(20)15-6-5-11(10-15)9-13(18)19/h11-12,17H,1-10H2,(H,18,19). The van der Waals surface area contributed by atoms with E-state index in [2.05, 4.69) is 0 Å². The van der Waals surface area contributed by atoms with E-state index in [1.165, 1.54) is 0 Å². The highest BCUT2D eigenvalue weighted by Gasteiger charge is 2.33. The smallest absolute Gasteiger partial charge is 0.320 e. The van der Waals surface area contributed by atoms with Gasteiger partial charge in [-0.3, -0.25) is 4.79 Å². The van der Waals surface area contributed by atoms with Crippen LogP contribution in [0.2, 0.25) is 0 Å². The van der Waals surface area contributed by atoms with Crippen LogP contribution in [0.1, 0.15) is 38.5 Å². The molecule has 1 aliphatic carbocycles. The Morgan fingerprint density at radius 2 is 1.90 bits per heavy atom. The van der Waals surface area contributed by atoms with E-state index in [1.54, 1.807) is 9.80 Å². The molecule has 6 heteroatoms. The number of aliphatic carboxylic acids is 1. The Hall–Kier alpha value is -1.30. The van der Waals surface area contributed by atoms with Crippen LogP contribution in [0.5, 0.6) is 0 Å². The molecule has 0 bridgehead atoms. The summed E-state index contributed by atoms with van der Waals surface area (Å²) in [6.45, 7) is 1.52. The lowest BCUT2D eigenvalue weighted by Gasteiger charge is -2.32. The van der Waals surface area contributed by atoms with E-state index >= 15 is 0 Å². The van der Waals surface area contributed by atoms with Crippen molar-refractivity contribution in [2.24, 2.45) is 5.92 Å². The first-order valence-corrected chi connectivity index (χ1v) is 7.50. The van der Waals surface area contributed by atoms with Gasteiger partial charge in [-0.15, -0.1) is 0 Å². The zero-order chi connectivity index (χ0) is 14.5. The number of hydrogen-bond acceptors (Lipinski definition) is 3. The molecule has 1 atom stereocenters. The van der Waals surface area contributed by atoms with Crippen LogP contribution in [0.15, 0.2) is 0 Å². The molecule has 1 saturated carbocycles. The first kappa shape index (κ1) is 15.1. The summed E-state index contributed by atoms with van der Waals surface area (Å²) in [5.41, 5.74) is 0. The molecule has 2 amide bonds. The second kappa shape index (κ2) is 6.92. The fraction of sp³-hybridized carbons (Fsp3) is 0.857. The maximum absolute atomic E-state index is 12.5. The lowest BCUT2D eigenvalue weighted by atomic mass is 10.1. The molecule has 1 aliphatic heterocycles. The molecule has 2 fully saturated rings. The highest BCUT2D eigenvalue weighted by atomic mass is 16.4. The maximum Gasteiger partial charge on any atom is 0.320 e. The Kier molecular flexibility index (Phi) is 5.23. The Morgan fingerprint density at radius 1 is 1.20 bits per heavy atom. The van der Waals surface area contributed by atoms with Gasteiger partial charge < -0.3 is 20.0 Å². The molecule has 0 spiro atoms. The van der Waals surface area contributed by atoms with Gasteiger partial charge in [-0.05, 0) is 25.2 Å². The predicted octanol–water partition coefficient (Wildman–Crippen LogP) is 1.14. The van der Waals surface area contributed by atoms with E-state index in [0.29, 0.717) is 19.6 Å².